The van der Waals surface area contributed by atoms with Crippen molar-refractivity contribution in [1.82, 2.24) is 19.5 Å². The Morgan fingerprint density at radius 1 is 1.10 bits per heavy atom. The molecule has 1 saturated carbocycles. The Morgan fingerprint density at radius 3 is 2.77 bits per heavy atom. The molecule has 1 aliphatic carbocycles. The Bertz CT molecular complexity index is 1160. The van der Waals surface area contributed by atoms with Gasteiger partial charge in [0.25, 0.3) is 5.91 Å². The first-order valence-corrected chi connectivity index (χ1v) is 10.4. The Labute approximate surface area is 174 Å². The number of pyridine rings is 1. The van der Waals surface area contributed by atoms with E-state index < -0.39 is 0 Å². The number of hydrogen-bond acceptors (Lipinski definition) is 5. The van der Waals surface area contributed by atoms with Gasteiger partial charge in [-0.25, -0.2) is 9.97 Å². The molecule has 0 bridgehead atoms. The average Bonchev–Trinajstić information content (AvgIpc) is 3.52. The van der Waals surface area contributed by atoms with Crippen LogP contribution in [-0.4, -0.2) is 25.4 Å². The van der Waals surface area contributed by atoms with Crippen LogP contribution in [0.4, 0.5) is 5.95 Å². The van der Waals surface area contributed by atoms with Crippen molar-refractivity contribution in [1.29, 1.82) is 0 Å². The van der Waals surface area contributed by atoms with Crippen molar-refractivity contribution >= 4 is 22.9 Å². The lowest BCUT2D eigenvalue weighted by molar-refractivity contribution is 0.102. The van der Waals surface area contributed by atoms with E-state index in [1.807, 2.05) is 47.0 Å². The number of anilines is 1. The van der Waals surface area contributed by atoms with Crippen molar-refractivity contribution in [2.45, 2.75) is 44.6 Å². The molecule has 1 aromatic carbocycles. The van der Waals surface area contributed by atoms with Gasteiger partial charge in [0.2, 0.25) is 5.95 Å². The molecular weight excluding hydrogens is 378 g/mol. The van der Waals surface area contributed by atoms with Gasteiger partial charge < -0.3 is 8.98 Å². The molecule has 152 valence electrons. The summed E-state index contributed by atoms with van der Waals surface area (Å²) in [5, 5.41) is 2.93. The standard InChI is InChI=1S/C23H23N5O2/c29-21(19-15-30-22(25-19)16-7-1-2-8-16)27-23-26-18-10-3-4-11-20(18)28(23)14-12-17-9-5-6-13-24-17/h3-6,9-11,13,15-16H,1-2,7-8,12,14H2,(H,26,27,29). The first kappa shape index (κ1) is 18.5. The number of amides is 1. The molecule has 4 aromatic rings. The number of imidazole rings is 1. The van der Waals surface area contributed by atoms with Crippen molar-refractivity contribution in [3.05, 3.63) is 72.2 Å². The third kappa shape index (κ3) is 3.70. The fourth-order valence-corrected chi connectivity index (χ4v) is 4.09. The lowest BCUT2D eigenvalue weighted by Gasteiger charge is -2.09. The van der Waals surface area contributed by atoms with Crippen molar-refractivity contribution in [3.63, 3.8) is 0 Å². The summed E-state index contributed by atoms with van der Waals surface area (Å²) in [5.74, 6) is 1.19. The molecular formula is C23H23N5O2. The maximum Gasteiger partial charge on any atom is 0.279 e. The number of benzene rings is 1. The number of hydrogen-bond donors (Lipinski definition) is 1. The van der Waals surface area contributed by atoms with E-state index in [9.17, 15) is 4.79 Å². The maximum atomic E-state index is 12.8. The van der Waals surface area contributed by atoms with E-state index in [4.69, 9.17) is 4.42 Å². The second-order valence-corrected chi connectivity index (χ2v) is 7.65. The van der Waals surface area contributed by atoms with Crippen LogP contribution in [0.5, 0.6) is 0 Å². The largest absolute Gasteiger partial charge is 0.448 e. The minimum Gasteiger partial charge on any atom is -0.448 e. The zero-order chi connectivity index (χ0) is 20.3. The molecule has 1 aliphatic rings. The molecule has 0 spiro atoms. The molecule has 7 heteroatoms. The molecule has 0 aliphatic heterocycles. The molecule has 3 heterocycles. The van der Waals surface area contributed by atoms with Crippen LogP contribution in [0, 0.1) is 0 Å². The number of rotatable bonds is 6. The zero-order valence-corrected chi connectivity index (χ0v) is 16.6. The molecule has 30 heavy (non-hydrogen) atoms. The van der Waals surface area contributed by atoms with Crippen molar-refractivity contribution < 1.29 is 9.21 Å². The van der Waals surface area contributed by atoms with Gasteiger partial charge in [0, 0.05) is 30.8 Å². The van der Waals surface area contributed by atoms with Gasteiger partial charge in [-0.05, 0) is 37.1 Å². The van der Waals surface area contributed by atoms with Gasteiger partial charge in [-0.1, -0.05) is 31.0 Å². The predicted octanol–water partition coefficient (Wildman–Crippen LogP) is 4.57. The third-order valence-electron chi connectivity index (χ3n) is 5.66. The molecule has 0 saturated heterocycles. The highest BCUT2D eigenvalue weighted by Gasteiger charge is 2.24. The fourth-order valence-electron chi connectivity index (χ4n) is 4.09. The van der Waals surface area contributed by atoms with Crippen molar-refractivity contribution in [2.24, 2.45) is 0 Å². The molecule has 1 N–H and O–H groups in total. The molecule has 1 fully saturated rings. The summed E-state index contributed by atoms with van der Waals surface area (Å²) in [4.78, 5) is 26.3. The number of fused-ring (bicyclic) bond motifs is 1. The van der Waals surface area contributed by atoms with E-state index in [2.05, 4.69) is 20.3 Å². The van der Waals surface area contributed by atoms with E-state index in [1.165, 1.54) is 19.1 Å². The van der Waals surface area contributed by atoms with Gasteiger partial charge >= 0.3 is 0 Å². The summed E-state index contributed by atoms with van der Waals surface area (Å²) in [6.07, 6.45) is 8.50. The van der Waals surface area contributed by atoms with Crippen molar-refractivity contribution in [3.8, 4) is 0 Å². The molecule has 0 atom stereocenters. The normalized spacial score (nSPS) is 14.4. The summed E-state index contributed by atoms with van der Waals surface area (Å²) >= 11 is 0. The highest BCUT2D eigenvalue weighted by atomic mass is 16.3. The Kier molecular flexibility index (Phi) is 5.01. The van der Waals surface area contributed by atoms with Crippen LogP contribution >= 0.6 is 0 Å². The van der Waals surface area contributed by atoms with Gasteiger partial charge in [-0.2, -0.15) is 0 Å². The lowest BCUT2D eigenvalue weighted by Crippen LogP contribution is -2.17. The zero-order valence-electron chi connectivity index (χ0n) is 16.6. The third-order valence-corrected chi connectivity index (χ3v) is 5.66. The highest BCUT2D eigenvalue weighted by Crippen LogP contribution is 2.33. The molecule has 7 nitrogen and oxygen atoms in total. The molecule has 3 aromatic heterocycles. The second kappa shape index (κ2) is 8.10. The number of nitrogens with one attached hydrogen (secondary N) is 1. The molecule has 1 amide bonds. The topological polar surface area (TPSA) is 85.8 Å². The maximum absolute atomic E-state index is 12.8. The number of oxazole rings is 1. The first-order valence-electron chi connectivity index (χ1n) is 10.4. The fraction of sp³-hybridized carbons (Fsp3) is 0.304. The van der Waals surface area contributed by atoms with Gasteiger partial charge in [0.15, 0.2) is 11.6 Å². The summed E-state index contributed by atoms with van der Waals surface area (Å²) in [5.41, 5.74) is 3.08. The van der Waals surface area contributed by atoms with E-state index in [0.717, 1.165) is 36.0 Å². The SMILES string of the molecule is O=C(Nc1nc2ccccc2n1CCc1ccccn1)c1coc(C2CCCC2)n1. The van der Waals surface area contributed by atoms with E-state index in [-0.39, 0.29) is 5.91 Å². The van der Waals surface area contributed by atoms with Crippen LogP contribution < -0.4 is 5.32 Å². The molecule has 0 radical (unpaired) electrons. The van der Waals surface area contributed by atoms with Crippen LogP contribution in [-0.2, 0) is 13.0 Å². The van der Waals surface area contributed by atoms with Crippen LogP contribution in [0.2, 0.25) is 0 Å². The summed E-state index contributed by atoms with van der Waals surface area (Å²) in [6.45, 7) is 0.652. The van der Waals surface area contributed by atoms with E-state index in [0.29, 0.717) is 30.0 Å². The smallest absolute Gasteiger partial charge is 0.279 e. The quantitative estimate of drug-likeness (QED) is 0.511. The minimum absolute atomic E-state index is 0.292. The van der Waals surface area contributed by atoms with Gasteiger partial charge in [0.1, 0.15) is 6.26 Å². The van der Waals surface area contributed by atoms with Crippen LogP contribution in [0.25, 0.3) is 11.0 Å². The monoisotopic (exact) mass is 401 g/mol. The number of para-hydroxylation sites is 2. The van der Waals surface area contributed by atoms with Crippen LogP contribution in [0.3, 0.4) is 0 Å². The Balaban J connectivity index is 1.38. The van der Waals surface area contributed by atoms with Gasteiger partial charge in [-0.3, -0.25) is 15.1 Å². The average molecular weight is 401 g/mol. The van der Waals surface area contributed by atoms with E-state index >= 15 is 0 Å². The summed E-state index contributed by atoms with van der Waals surface area (Å²) in [6, 6.07) is 13.7. The Morgan fingerprint density at radius 2 is 1.93 bits per heavy atom. The number of nitrogens with zero attached hydrogens (tertiary/aromatic N) is 4. The summed E-state index contributed by atoms with van der Waals surface area (Å²) in [7, 11) is 0. The predicted molar refractivity (Wildman–Crippen MR) is 113 cm³/mol. The van der Waals surface area contributed by atoms with E-state index in [1.54, 1.807) is 6.20 Å². The summed E-state index contributed by atoms with van der Waals surface area (Å²) < 4.78 is 7.61. The van der Waals surface area contributed by atoms with Crippen LogP contribution in [0.1, 0.15) is 53.7 Å². The molecule has 5 rings (SSSR count). The molecule has 0 unspecified atom stereocenters. The number of aromatic nitrogens is 4. The lowest BCUT2D eigenvalue weighted by atomic mass is 10.1. The minimum atomic E-state index is -0.308. The second-order valence-electron chi connectivity index (χ2n) is 7.65. The van der Waals surface area contributed by atoms with Crippen molar-refractivity contribution in [2.75, 3.05) is 5.32 Å². The number of carbonyl (C=O) groups excluding carboxylic acids is 1. The van der Waals surface area contributed by atoms with Gasteiger partial charge in [-0.15, -0.1) is 0 Å². The first-order chi connectivity index (χ1) is 14.8. The van der Waals surface area contributed by atoms with Gasteiger partial charge in [0.05, 0.1) is 11.0 Å². The Hall–Kier alpha value is -3.48. The number of carbonyl (C=O) groups is 1. The highest BCUT2D eigenvalue weighted by molar-refractivity contribution is 6.02. The number of aryl methyl sites for hydroxylation is 2. The van der Waals surface area contributed by atoms with Crippen LogP contribution in [0.15, 0.2) is 59.3 Å².